The lowest BCUT2D eigenvalue weighted by molar-refractivity contribution is -0.0147. The van der Waals surface area contributed by atoms with Crippen LogP contribution in [0.4, 0.5) is 4.39 Å². The monoisotopic (exact) mass is 253 g/mol. The van der Waals surface area contributed by atoms with Gasteiger partial charge in [-0.3, -0.25) is 0 Å². The molecule has 1 unspecified atom stereocenters. The molecule has 0 spiro atoms. The fourth-order valence-corrected chi connectivity index (χ4v) is 1.62. The van der Waals surface area contributed by atoms with E-state index in [2.05, 4.69) is 12.2 Å². The van der Waals surface area contributed by atoms with Crippen LogP contribution in [-0.2, 0) is 4.74 Å². The van der Waals surface area contributed by atoms with E-state index in [0.29, 0.717) is 6.61 Å². The van der Waals surface area contributed by atoms with Crippen LogP contribution in [-0.4, -0.2) is 18.8 Å². The first-order valence-corrected chi connectivity index (χ1v) is 6.55. The van der Waals surface area contributed by atoms with Crippen molar-refractivity contribution in [3.05, 3.63) is 35.6 Å². The topological polar surface area (TPSA) is 21.3 Å². The molecule has 0 aliphatic rings. The fourth-order valence-electron chi connectivity index (χ4n) is 1.62. The van der Waals surface area contributed by atoms with Gasteiger partial charge < -0.3 is 10.1 Å². The summed E-state index contributed by atoms with van der Waals surface area (Å²) in [4.78, 5) is 0. The van der Waals surface area contributed by atoms with Gasteiger partial charge in [0.15, 0.2) is 0 Å². The normalized spacial score (nSPS) is 13.6. The Morgan fingerprint density at radius 2 is 1.83 bits per heavy atom. The zero-order valence-electron chi connectivity index (χ0n) is 11.8. The van der Waals surface area contributed by atoms with Crippen molar-refractivity contribution in [2.24, 2.45) is 0 Å². The number of ether oxygens (including phenoxy) is 1. The third-order valence-corrected chi connectivity index (χ3v) is 2.60. The molecule has 1 aromatic carbocycles. The molecule has 0 fully saturated rings. The van der Waals surface area contributed by atoms with Gasteiger partial charge in [0.25, 0.3) is 0 Å². The number of benzene rings is 1. The van der Waals surface area contributed by atoms with Crippen molar-refractivity contribution in [2.45, 2.75) is 45.8 Å². The summed E-state index contributed by atoms with van der Waals surface area (Å²) in [6.45, 7) is 9.75. The van der Waals surface area contributed by atoms with Gasteiger partial charge >= 0.3 is 0 Å². The van der Waals surface area contributed by atoms with Gasteiger partial charge in [-0.25, -0.2) is 4.39 Å². The molecule has 0 heterocycles. The van der Waals surface area contributed by atoms with Crippen molar-refractivity contribution in [1.29, 1.82) is 0 Å². The third kappa shape index (κ3) is 5.61. The van der Waals surface area contributed by atoms with Crippen molar-refractivity contribution in [3.8, 4) is 0 Å². The lowest BCUT2D eigenvalue weighted by Crippen LogP contribution is -2.30. The highest BCUT2D eigenvalue weighted by Crippen LogP contribution is 2.17. The highest BCUT2D eigenvalue weighted by molar-refractivity contribution is 5.20. The van der Waals surface area contributed by atoms with Gasteiger partial charge in [0.1, 0.15) is 5.82 Å². The molecule has 2 nitrogen and oxygen atoms in total. The molecule has 0 aliphatic carbocycles. The van der Waals surface area contributed by atoms with Crippen LogP contribution >= 0.6 is 0 Å². The van der Waals surface area contributed by atoms with E-state index in [-0.39, 0.29) is 17.5 Å². The first-order chi connectivity index (χ1) is 8.42. The van der Waals surface area contributed by atoms with E-state index in [4.69, 9.17) is 4.74 Å². The summed E-state index contributed by atoms with van der Waals surface area (Å²) >= 11 is 0. The highest BCUT2D eigenvalue weighted by Gasteiger charge is 2.16. The molecule has 18 heavy (non-hydrogen) atoms. The van der Waals surface area contributed by atoms with Crippen LogP contribution in [0, 0.1) is 5.82 Å². The van der Waals surface area contributed by atoms with E-state index in [0.717, 1.165) is 18.5 Å². The van der Waals surface area contributed by atoms with Crippen LogP contribution in [0.1, 0.15) is 45.7 Å². The maximum atomic E-state index is 12.9. The number of rotatable bonds is 6. The molecule has 0 amide bonds. The highest BCUT2D eigenvalue weighted by atomic mass is 19.1. The van der Waals surface area contributed by atoms with Crippen LogP contribution in [0.15, 0.2) is 24.3 Å². The SMILES string of the molecule is CCCNC(COC(C)(C)C)c1ccc(F)cc1. The van der Waals surface area contributed by atoms with Crippen molar-refractivity contribution in [3.63, 3.8) is 0 Å². The Kier molecular flexibility index (Phi) is 5.76. The Balaban J connectivity index is 2.68. The summed E-state index contributed by atoms with van der Waals surface area (Å²) in [7, 11) is 0. The maximum Gasteiger partial charge on any atom is 0.123 e. The summed E-state index contributed by atoms with van der Waals surface area (Å²) < 4.78 is 18.7. The molecular weight excluding hydrogens is 229 g/mol. The molecule has 0 aliphatic heterocycles. The van der Waals surface area contributed by atoms with Crippen LogP contribution in [0.3, 0.4) is 0 Å². The van der Waals surface area contributed by atoms with Crippen molar-refractivity contribution in [1.82, 2.24) is 5.32 Å². The molecule has 0 aromatic heterocycles. The Morgan fingerprint density at radius 1 is 1.22 bits per heavy atom. The summed E-state index contributed by atoms with van der Waals surface area (Å²) in [5.41, 5.74) is 0.903. The van der Waals surface area contributed by atoms with Crippen molar-refractivity contribution >= 4 is 0 Å². The zero-order chi connectivity index (χ0) is 13.6. The van der Waals surface area contributed by atoms with E-state index in [1.807, 2.05) is 32.9 Å². The zero-order valence-corrected chi connectivity index (χ0v) is 11.8. The minimum Gasteiger partial charge on any atom is -0.374 e. The van der Waals surface area contributed by atoms with Gasteiger partial charge in [-0.15, -0.1) is 0 Å². The van der Waals surface area contributed by atoms with Crippen molar-refractivity contribution in [2.75, 3.05) is 13.2 Å². The second kappa shape index (κ2) is 6.86. The van der Waals surface area contributed by atoms with Crippen LogP contribution in [0.5, 0.6) is 0 Å². The summed E-state index contributed by atoms with van der Waals surface area (Å²) in [6.07, 6.45) is 1.06. The van der Waals surface area contributed by atoms with Crippen LogP contribution < -0.4 is 5.32 Å². The number of halogens is 1. The quantitative estimate of drug-likeness (QED) is 0.835. The minimum atomic E-state index is -0.204. The standard InChI is InChI=1S/C15H24FNO/c1-5-10-17-14(11-18-15(2,3)4)12-6-8-13(16)9-7-12/h6-9,14,17H,5,10-11H2,1-4H3. The maximum absolute atomic E-state index is 12.9. The molecule has 1 rings (SSSR count). The van der Waals surface area contributed by atoms with E-state index in [1.54, 1.807) is 0 Å². The van der Waals surface area contributed by atoms with Gasteiger partial charge in [0.2, 0.25) is 0 Å². The lowest BCUT2D eigenvalue weighted by atomic mass is 10.1. The average molecular weight is 253 g/mol. The largest absolute Gasteiger partial charge is 0.374 e. The molecule has 1 N–H and O–H groups in total. The molecule has 0 saturated heterocycles. The van der Waals surface area contributed by atoms with E-state index >= 15 is 0 Å². The van der Waals surface area contributed by atoms with Gasteiger partial charge in [-0.2, -0.15) is 0 Å². The van der Waals surface area contributed by atoms with E-state index in [1.165, 1.54) is 12.1 Å². The van der Waals surface area contributed by atoms with Gasteiger partial charge in [0.05, 0.1) is 18.2 Å². The number of hydrogen-bond donors (Lipinski definition) is 1. The molecule has 102 valence electrons. The Bertz CT molecular complexity index is 343. The second-order valence-corrected chi connectivity index (χ2v) is 5.48. The molecule has 1 aromatic rings. The Morgan fingerprint density at radius 3 is 2.33 bits per heavy atom. The minimum absolute atomic E-state index is 0.116. The predicted molar refractivity (Wildman–Crippen MR) is 73.1 cm³/mol. The molecule has 0 bridgehead atoms. The number of hydrogen-bond acceptors (Lipinski definition) is 2. The van der Waals surface area contributed by atoms with E-state index in [9.17, 15) is 4.39 Å². The average Bonchev–Trinajstić information content (AvgIpc) is 2.29. The summed E-state index contributed by atoms with van der Waals surface area (Å²) in [5, 5.41) is 3.43. The first-order valence-electron chi connectivity index (χ1n) is 6.55. The molecular formula is C15H24FNO. The third-order valence-electron chi connectivity index (χ3n) is 2.60. The molecule has 0 radical (unpaired) electrons. The van der Waals surface area contributed by atoms with E-state index < -0.39 is 0 Å². The lowest BCUT2D eigenvalue weighted by Gasteiger charge is -2.25. The fraction of sp³-hybridized carbons (Fsp3) is 0.600. The predicted octanol–water partition coefficient (Wildman–Crippen LogP) is 3.68. The van der Waals surface area contributed by atoms with Gasteiger partial charge in [-0.05, 0) is 51.4 Å². The molecule has 0 saturated carbocycles. The summed E-state index contributed by atoms with van der Waals surface area (Å²) in [6, 6.07) is 6.73. The number of nitrogens with one attached hydrogen (secondary N) is 1. The smallest absolute Gasteiger partial charge is 0.123 e. The van der Waals surface area contributed by atoms with Gasteiger partial charge in [0, 0.05) is 0 Å². The first kappa shape index (κ1) is 15.1. The summed E-state index contributed by atoms with van der Waals surface area (Å²) in [5.74, 6) is -0.204. The molecule has 3 heteroatoms. The Labute approximate surface area is 110 Å². The second-order valence-electron chi connectivity index (χ2n) is 5.48. The van der Waals surface area contributed by atoms with Crippen molar-refractivity contribution < 1.29 is 9.13 Å². The molecule has 1 atom stereocenters. The van der Waals surface area contributed by atoms with Crippen LogP contribution in [0.25, 0.3) is 0 Å². The van der Waals surface area contributed by atoms with Gasteiger partial charge in [-0.1, -0.05) is 19.1 Å². The Hall–Kier alpha value is -0.930. The van der Waals surface area contributed by atoms with Crippen LogP contribution in [0.2, 0.25) is 0 Å².